The Bertz CT molecular complexity index is 665. The maximum absolute atomic E-state index is 12.7. The number of amides is 1. The summed E-state index contributed by atoms with van der Waals surface area (Å²) < 4.78 is 14.1. The summed E-state index contributed by atoms with van der Waals surface area (Å²) in [5.41, 5.74) is 0.871. The van der Waals surface area contributed by atoms with Gasteiger partial charge < -0.3 is 5.32 Å². The first-order valence-electron chi connectivity index (χ1n) is 6.13. The van der Waals surface area contributed by atoms with Crippen LogP contribution < -0.4 is 10.9 Å². The van der Waals surface area contributed by atoms with Crippen LogP contribution in [-0.2, 0) is 6.54 Å². The Morgan fingerprint density at radius 3 is 2.70 bits per heavy atom. The summed E-state index contributed by atoms with van der Waals surface area (Å²) in [5, 5.41) is 2.66. The Morgan fingerprint density at radius 1 is 1.35 bits per heavy atom. The highest BCUT2D eigenvalue weighted by Crippen LogP contribution is 2.02. The quantitative estimate of drug-likeness (QED) is 0.909. The van der Waals surface area contributed by atoms with E-state index in [0.717, 1.165) is 0 Å². The predicted octanol–water partition coefficient (Wildman–Crippen LogP) is 1.12. The van der Waals surface area contributed by atoms with Crippen molar-refractivity contribution in [1.29, 1.82) is 0 Å². The van der Waals surface area contributed by atoms with Gasteiger partial charge in [0.2, 0.25) is 0 Å². The minimum atomic E-state index is -0.390. The lowest BCUT2D eigenvalue weighted by Crippen LogP contribution is -2.30. The summed E-state index contributed by atoms with van der Waals surface area (Å²) in [4.78, 5) is 27.4. The van der Waals surface area contributed by atoms with E-state index in [9.17, 15) is 14.0 Å². The zero-order valence-electron chi connectivity index (χ0n) is 11.0. The van der Waals surface area contributed by atoms with Crippen molar-refractivity contribution >= 4 is 5.91 Å². The molecule has 2 rings (SSSR count). The Hall–Kier alpha value is -2.50. The fourth-order valence-electron chi connectivity index (χ4n) is 1.68. The molecule has 2 aromatic rings. The maximum atomic E-state index is 12.7. The van der Waals surface area contributed by atoms with Crippen molar-refractivity contribution in [3.8, 4) is 0 Å². The van der Waals surface area contributed by atoms with Gasteiger partial charge in [0.1, 0.15) is 5.82 Å². The van der Waals surface area contributed by atoms with Crippen LogP contribution in [0.1, 0.15) is 16.1 Å². The molecular weight excluding hydrogens is 261 g/mol. The molecule has 0 radical (unpaired) electrons. The van der Waals surface area contributed by atoms with Crippen LogP contribution in [0.2, 0.25) is 0 Å². The van der Waals surface area contributed by atoms with Gasteiger partial charge in [-0.3, -0.25) is 14.2 Å². The summed E-state index contributed by atoms with van der Waals surface area (Å²) in [6.07, 6.45) is 1.45. The van der Waals surface area contributed by atoms with Crippen molar-refractivity contribution < 1.29 is 9.18 Å². The molecule has 6 heteroatoms. The van der Waals surface area contributed by atoms with Gasteiger partial charge in [0.15, 0.2) is 0 Å². The van der Waals surface area contributed by atoms with Gasteiger partial charge in [-0.2, -0.15) is 0 Å². The van der Waals surface area contributed by atoms with Crippen LogP contribution in [0.25, 0.3) is 0 Å². The number of hydrogen-bond acceptors (Lipinski definition) is 3. The van der Waals surface area contributed by atoms with Crippen LogP contribution in [-0.4, -0.2) is 22.0 Å². The molecule has 0 saturated carbocycles. The van der Waals surface area contributed by atoms with E-state index in [1.54, 1.807) is 6.92 Å². The molecule has 20 heavy (non-hydrogen) atoms. The number of carbonyl (C=O) groups is 1. The number of aryl methyl sites for hydroxylation is 1. The van der Waals surface area contributed by atoms with E-state index >= 15 is 0 Å². The second-order valence-corrected chi connectivity index (χ2v) is 4.32. The first-order chi connectivity index (χ1) is 9.56. The molecule has 0 bridgehead atoms. The molecule has 1 aromatic heterocycles. The molecule has 104 valence electrons. The van der Waals surface area contributed by atoms with E-state index in [4.69, 9.17) is 0 Å². The molecule has 0 aliphatic rings. The van der Waals surface area contributed by atoms with E-state index in [2.05, 4.69) is 10.3 Å². The monoisotopic (exact) mass is 275 g/mol. The first kappa shape index (κ1) is 13.9. The Balaban J connectivity index is 1.91. The van der Waals surface area contributed by atoms with Crippen LogP contribution in [0.4, 0.5) is 4.39 Å². The summed E-state index contributed by atoms with van der Waals surface area (Å²) in [7, 11) is 0. The van der Waals surface area contributed by atoms with Gasteiger partial charge in [0.25, 0.3) is 11.5 Å². The first-order valence-corrected chi connectivity index (χ1v) is 6.13. The SMILES string of the molecule is Cc1cc(=O)n(CCNC(=O)c2ccc(F)cc2)cn1. The number of benzene rings is 1. The lowest BCUT2D eigenvalue weighted by Gasteiger charge is -2.07. The summed E-state index contributed by atoms with van der Waals surface area (Å²) in [6, 6.07) is 6.70. The van der Waals surface area contributed by atoms with Crippen molar-refractivity contribution in [1.82, 2.24) is 14.9 Å². The maximum Gasteiger partial charge on any atom is 0.253 e. The molecule has 0 aliphatic heterocycles. The Labute approximate surface area is 115 Å². The minimum absolute atomic E-state index is 0.159. The molecule has 0 aliphatic carbocycles. The molecule has 0 unspecified atom stereocenters. The van der Waals surface area contributed by atoms with E-state index in [0.29, 0.717) is 24.3 Å². The van der Waals surface area contributed by atoms with Crippen molar-refractivity contribution in [2.24, 2.45) is 0 Å². The Kier molecular flexibility index (Phi) is 4.24. The smallest absolute Gasteiger partial charge is 0.253 e. The number of aromatic nitrogens is 2. The van der Waals surface area contributed by atoms with E-state index in [1.807, 2.05) is 0 Å². The number of rotatable bonds is 4. The summed E-state index contributed by atoms with van der Waals surface area (Å²) >= 11 is 0. The standard InChI is InChI=1S/C14H14FN3O2/c1-10-8-13(19)18(9-17-10)7-6-16-14(20)11-2-4-12(15)5-3-11/h2-5,8-9H,6-7H2,1H3,(H,16,20). The highest BCUT2D eigenvalue weighted by molar-refractivity contribution is 5.94. The molecule has 5 nitrogen and oxygen atoms in total. The Morgan fingerprint density at radius 2 is 2.05 bits per heavy atom. The van der Waals surface area contributed by atoms with Crippen LogP contribution >= 0.6 is 0 Å². The number of carbonyl (C=O) groups excluding carboxylic acids is 1. The lowest BCUT2D eigenvalue weighted by atomic mass is 10.2. The third-order valence-corrected chi connectivity index (χ3v) is 2.76. The van der Waals surface area contributed by atoms with Gasteiger partial charge in [0, 0.05) is 30.4 Å². The summed E-state index contributed by atoms with van der Waals surface area (Å²) in [5.74, 6) is -0.697. The van der Waals surface area contributed by atoms with E-state index in [1.165, 1.54) is 41.2 Å². The molecule has 1 aromatic carbocycles. The highest BCUT2D eigenvalue weighted by atomic mass is 19.1. The predicted molar refractivity (Wildman–Crippen MR) is 72.0 cm³/mol. The molecule has 0 fully saturated rings. The third kappa shape index (κ3) is 3.50. The van der Waals surface area contributed by atoms with Crippen LogP contribution in [0.5, 0.6) is 0 Å². The molecular formula is C14H14FN3O2. The minimum Gasteiger partial charge on any atom is -0.350 e. The highest BCUT2D eigenvalue weighted by Gasteiger charge is 2.05. The zero-order chi connectivity index (χ0) is 14.5. The van der Waals surface area contributed by atoms with Gasteiger partial charge in [-0.05, 0) is 31.2 Å². The molecule has 0 atom stereocenters. The van der Waals surface area contributed by atoms with Crippen molar-refractivity contribution in [2.75, 3.05) is 6.54 Å². The van der Waals surface area contributed by atoms with Crippen molar-refractivity contribution in [3.63, 3.8) is 0 Å². The van der Waals surface area contributed by atoms with Gasteiger partial charge >= 0.3 is 0 Å². The fraction of sp³-hybridized carbons (Fsp3) is 0.214. The lowest BCUT2D eigenvalue weighted by molar-refractivity contribution is 0.0952. The second-order valence-electron chi connectivity index (χ2n) is 4.32. The van der Waals surface area contributed by atoms with Gasteiger partial charge in [-0.15, -0.1) is 0 Å². The van der Waals surface area contributed by atoms with Crippen LogP contribution in [0, 0.1) is 12.7 Å². The van der Waals surface area contributed by atoms with Crippen molar-refractivity contribution in [2.45, 2.75) is 13.5 Å². The largest absolute Gasteiger partial charge is 0.350 e. The number of hydrogen-bond donors (Lipinski definition) is 1. The number of nitrogens with one attached hydrogen (secondary N) is 1. The van der Waals surface area contributed by atoms with Crippen molar-refractivity contribution in [3.05, 3.63) is 64.1 Å². The number of halogens is 1. The van der Waals surface area contributed by atoms with E-state index in [-0.39, 0.29) is 17.3 Å². The zero-order valence-corrected chi connectivity index (χ0v) is 11.0. The molecule has 1 heterocycles. The molecule has 1 amide bonds. The molecule has 0 saturated heterocycles. The average Bonchev–Trinajstić information content (AvgIpc) is 2.42. The second kappa shape index (κ2) is 6.10. The van der Waals surface area contributed by atoms with Gasteiger partial charge in [0.05, 0.1) is 6.33 Å². The average molecular weight is 275 g/mol. The van der Waals surface area contributed by atoms with E-state index < -0.39 is 0 Å². The number of nitrogens with zero attached hydrogens (tertiary/aromatic N) is 2. The molecule has 0 spiro atoms. The normalized spacial score (nSPS) is 10.3. The van der Waals surface area contributed by atoms with Crippen LogP contribution in [0.3, 0.4) is 0 Å². The topological polar surface area (TPSA) is 64.0 Å². The van der Waals surface area contributed by atoms with Gasteiger partial charge in [-0.1, -0.05) is 0 Å². The third-order valence-electron chi connectivity index (χ3n) is 2.76. The summed E-state index contributed by atoms with van der Waals surface area (Å²) in [6.45, 7) is 2.36. The van der Waals surface area contributed by atoms with Gasteiger partial charge in [-0.25, -0.2) is 9.37 Å². The fourth-order valence-corrected chi connectivity index (χ4v) is 1.68. The van der Waals surface area contributed by atoms with Crippen LogP contribution in [0.15, 0.2) is 41.5 Å². The molecule has 1 N–H and O–H groups in total.